The van der Waals surface area contributed by atoms with Crippen LogP contribution < -0.4 is 0 Å². The third kappa shape index (κ3) is 2.06. The fourth-order valence-corrected chi connectivity index (χ4v) is 0.695. The van der Waals surface area contributed by atoms with Gasteiger partial charge in [0.2, 0.25) is 0 Å². The molecule has 10 heavy (non-hydrogen) atoms. The van der Waals surface area contributed by atoms with Crippen molar-refractivity contribution in [2.24, 2.45) is 5.92 Å². The Balaban J connectivity index is 4.43. The fraction of sp³-hybridized carbons (Fsp3) is 0.500. The van der Waals surface area contributed by atoms with Crippen LogP contribution in [-0.4, -0.2) is 10.7 Å². The summed E-state index contributed by atoms with van der Waals surface area (Å²) in [4.78, 5) is 0. The number of halogens is 1. The average Bonchev–Trinajstić information content (AvgIpc) is 1.88. The van der Waals surface area contributed by atoms with Crippen LogP contribution in [0.25, 0.3) is 0 Å². The van der Waals surface area contributed by atoms with Crippen LogP contribution >= 0.6 is 11.6 Å². The van der Waals surface area contributed by atoms with Crippen molar-refractivity contribution >= 4 is 11.6 Å². The number of rotatable bonds is 2. The third-order valence-electron chi connectivity index (χ3n) is 1.43. The van der Waals surface area contributed by atoms with E-state index in [1.165, 1.54) is 11.6 Å². The van der Waals surface area contributed by atoms with Crippen molar-refractivity contribution in [1.82, 2.24) is 0 Å². The summed E-state index contributed by atoms with van der Waals surface area (Å²) in [7, 11) is 0. The van der Waals surface area contributed by atoms with Gasteiger partial charge in [-0.2, -0.15) is 0 Å². The predicted octanol–water partition coefficient (Wildman–Crippen LogP) is 1.76. The first-order chi connectivity index (χ1) is 4.56. The summed E-state index contributed by atoms with van der Waals surface area (Å²) < 4.78 is 0. The number of terminal acetylenes is 1. The lowest BCUT2D eigenvalue weighted by molar-refractivity contribution is 0.103. The smallest absolute Gasteiger partial charge is 0.147 e. The SMILES string of the molecule is C#CC(O)(/C=C/Cl)C(C)C. The predicted molar refractivity (Wildman–Crippen MR) is 43.6 cm³/mol. The average molecular weight is 159 g/mol. The Labute approximate surface area is 66.7 Å². The van der Waals surface area contributed by atoms with Gasteiger partial charge in [-0.1, -0.05) is 31.4 Å². The van der Waals surface area contributed by atoms with Crippen molar-refractivity contribution < 1.29 is 5.11 Å². The van der Waals surface area contributed by atoms with Crippen LogP contribution in [0.1, 0.15) is 13.8 Å². The molecule has 1 N–H and O–H groups in total. The molecule has 0 amide bonds. The Morgan fingerprint density at radius 2 is 2.20 bits per heavy atom. The maximum atomic E-state index is 9.49. The molecule has 0 bridgehead atoms. The molecule has 0 rings (SSSR count). The van der Waals surface area contributed by atoms with Gasteiger partial charge in [0.15, 0.2) is 0 Å². The first kappa shape index (κ1) is 9.55. The minimum Gasteiger partial charge on any atom is -0.374 e. The van der Waals surface area contributed by atoms with Gasteiger partial charge in [0.25, 0.3) is 0 Å². The summed E-state index contributed by atoms with van der Waals surface area (Å²) in [6.07, 6.45) is 6.49. The first-order valence-corrected chi connectivity index (χ1v) is 3.48. The Hall–Kier alpha value is -0.450. The standard InChI is InChI=1S/C8H11ClO/c1-4-8(10,5-6-9)7(2)3/h1,5-7,10H,2-3H3/b6-5+. The van der Waals surface area contributed by atoms with Crippen molar-refractivity contribution in [3.05, 3.63) is 11.6 Å². The van der Waals surface area contributed by atoms with Gasteiger partial charge in [-0.15, -0.1) is 6.42 Å². The molecular weight excluding hydrogens is 148 g/mol. The Kier molecular flexibility index (Phi) is 3.49. The van der Waals surface area contributed by atoms with Gasteiger partial charge in [-0.05, 0) is 12.0 Å². The van der Waals surface area contributed by atoms with E-state index in [-0.39, 0.29) is 5.92 Å². The minimum absolute atomic E-state index is 0.0208. The van der Waals surface area contributed by atoms with E-state index in [4.69, 9.17) is 18.0 Å². The van der Waals surface area contributed by atoms with Crippen molar-refractivity contribution in [2.45, 2.75) is 19.4 Å². The minimum atomic E-state index is -1.19. The van der Waals surface area contributed by atoms with E-state index in [1.807, 2.05) is 13.8 Å². The highest BCUT2D eigenvalue weighted by Crippen LogP contribution is 2.17. The van der Waals surface area contributed by atoms with Gasteiger partial charge in [-0.3, -0.25) is 0 Å². The number of hydrogen-bond donors (Lipinski definition) is 1. The molecule has 0 heterocycles. The van der Waals surface area contributed by atoms with Crippen LogP contribution in [0.4, 0.5) is 0 Å². The van der Waals surface area contributed by atoms with Crippen LogP contribution in [0.15, 0.2) is 11.6 Å². The van der Waals surface area contributed by atoms with Crippen molar-refractivity contribution in [3.8, 4) is 12.3 Å². The topological polar surface area (TPSA) is 20.2 Å². The van der Waals surface area contributed by atoms with Gasteiger partial charge >= 0.3 is 0 Å². The summed E-state index contributed by atoms with van der Waals surface area (Å²) in [6.45, 7) is 3.66. The summed E-state index contributed by atoms with van der Waals surface area (Å²) in [5.41, 5.74) is 0.0433. The molecule has 1 nitrogen and oxygen atoms in total. The second-order valence-corrected chi connectivity index (χ2v) is 2.67. The molecule has 0 aliphatic rings. The highest BCUT2D eigenvalue weighted by atomic mass is 35.5. The maximum Gasteiger partial charge on any atom is 0.147 e. The molecular formula is C8H11ClO. The van der Waals surface area contributed by atoms with E-state index >= 15 is 0 Å². The van der Waals surface area contributed by atoms with E-state index in [0.29, 0.717) is 0 Å². The Morgan fingerprint density at radius 1 is 1.70 bits per heavy atom. The second kappa shape index (κ2) is 3.65. The van der Waals surface area contributed by atoms with Crippen LogP contribution in [0.3, 0.4) is 0 Å². The van der Waals surface area contributed by atoms with Gasteiger partial charge in [0, 0.05) is 5.54 Å². The molecule has 0 aliphatic carbocycles. The zero-order valence-electron chi connectivity index (χ0n) is 6.13. The molecule has 0 aromatic rings. The molecule has 0 saturated carbocycles. The maximum absolute atomic E-state index is 9.49. The molecule has 0 aliphatic heterocycles. The highest BCUT2D eigenvalue weighted by molar-refractivity contribution is 6.25. The largest absolute Gasteiger partial charge is 0.374 e. The molecule has 0 radical (unpaired) electrons. The van der Waals surface area contributed by atoms with Crippen LogP contribution in [0, 0.1) is 18.3 Å². The van der Waals surface area contributed by atoms with Crippen molar-refractivity contribution in [3.63, 3.8) is 0 Å². The molecule has 0 aromatic carbocycles. The zero-order chi connectivity index (χ0) is 8.20. The lowest BCUT2D eigenvalue weighted by atomic mass is 9.92. The monoisotopic (exact) mass is 158 g/mol. The van der Waals surface area contributed by atoms with Gasteiger partial charge in [0.1, 0.15) is 5.60 Å². The van der Waals surface area contributed by atoms with Crippen LogP contribution in [-0.2, 0) is 0 Å². The zero-order valence-corrected chi connectivity index (χ0v) is 6.89. The molecule has 0 aromatic heterocycles. The molecule has 56 valence electrons. The van der Waals surface area contributed by atoms with Crippen molar-refractivity contribution in [1.29, 1.82) is 0 Å². The van der Waals surface area contributed by atoms with E-state index in [1.54, 1.807) is 0 Å². The highest BCUT2D eigenvalue weighted by Gasteiger charge is 2.24. The van der Waals surface area contributed by atoms with Gasteiger partial charge < -0.3 is 5.11 Å². The summed E-state index contributed by atoms with van der Waals surface area (Å²) in [5, 5.41) is 9.49. The molecule has 2 heteroatoms. The molecule has 0 fully saturated rings. The van der Waals surface area contributed by atoms with Gasteiger partial charge in [0.05, 0.1) is 0 Å². The number of hydrogen-bond acceptors (Lipinski definition) is 1. The quantitative estimate of drug-likeness (QED) is 0.608. The van der Waals surface area contributed by atoms with E-state index in [9.17, 15) is 5.11 Å². The molecule has 1 atom stereocenters. The third-order valence-corrected chi connectivity index (χ3v) is 1.55. The Morgan fingerprint density at radius 3 is 2.30 bits per heavy atom. The number of aliphatic hydroxyl groups is 1. The molecule has 1 unspecified atom stereocenters. The van der Waals surface area contributed by atoms with Crippen LogP contribution in [0.5, 0.6) is 0 Å². The Bertz CT molecular complexity index is 167. The fourth-order valence-electron chi connectivity index (χ4n) is 0.503. The summed E-state index contributed by atoms with van der Waals surface area (Å²) in [6, 6.07) is 0. The van der Waals surface area contributed by atoms with Gasteiger partial charge in [-0.25, -0.2) is 0 Å². The molecule has 0 spiro atoms. The first-order valence-electron chi connectivity index (χ1n) is 3.05. The lowest BCUT2D eigenvalue weighted by Crippen LogP contribution is -2.30. The lowest BCUT2D eigenvalue weighted by Gasteiger charge is -2.21. The van der Waals surface area contributed by atoms with Crippen molar-refractivity contribution in [2.75, 3.05) is 0 Å². The summed E-state index contributed by atoms with van der Waals surface area (Å²) >= 11 is 5.27. The van der Waals surface area contributed by atoms with E-state index in [2.05, 4.69) is 5.92 Å². The van der Waals surface area contributed by atoms with E-state index in [0.717, 1.165) is 0 Å². The van der Waals surface area contributed by atoms with E-state index < -0.39 is 5.60 Å². The summed E-state index contributed by atoms with van der Waals surface area (Å²) in [5.74, 6) is 2.24. The molecule has 0 saturated heterocycles. The second-order valence-electron chi connectivity index (χ2n) is 2.42. The van der Waals surface area contributed by atoms with Crippen LogP contribution in [0.2, 0.25) is 0 Å². The normalized spacial score (nSPS) is 17.2.